The molecule has 0 saturated carbocycles. The first-order chi connectivity index (χ1) is 12.1. The van der Waals surface area contributed by atoms with Gasteiger partial charge in [-0.1, -0.05) is 65.7 Å². The van der Waals surface area contributed by atoms with Crippen molar-refractivity contribution < 1.29 is 5.11 Å². The quantitative estimate of drug-likeness (QED) is 0.534. The van der Waals surface area contributed by atoms with Gasteiger partial charge in [0.25, 0.3) is 0 Å². The maximum atomic E-state index is 10.7. The molecule has 3 aromatic carbocycles. The molecule has 2 N–H and O–H groups in total. The van der Waals surface area contributed by atoms with E-state index in [-0.39, 0.29) is 6.04 Å². The van der Waals surface area contributed by atoms with Crippen LogP contribution >= 0.6 is 23.2 Å². The lowest BCUT2D eigenvalue weighted by Crippen LogP contribution is -2.14. The summed E-state index contributed by atoms with van der Waals surface area (Å²) in [5, 5.41) is 15.5. The Morgan fingerprint density at radius 2 is 1.28 bits per heavy atom. The zero-order valence-corrected chi connectivity index (χ0v) is 15.1. The molecule has 0 radical (unpaired) electrons. The SMILES string of the molecule is OC(CC(Nc1ccc(Cl)cc1)c1ccccc1)c1ccc(Cl)cc1. The average molecular weight is 372 g/mol. The molecule has 3 aromatic rings. The molecule has 128 valence electrons. The molecule has 2 unspecified atom stereocenters. The van der Waals surface area contributed by atoms with E-state index in [1.165, 1.54) is 0 Å². The fourth-order valence-corrected chi connectivity index (χ4v) is 3.01. The molecule has 0 fully saturated rings. The molecule has 25 heavy (non-hydrogen) atoms. The van der Waals surface area contributed by atoms with Gasteiger partial charge < -0.3 is 10.4 Å². The third kappa shape index (κ3) is 4.99. The van der Waals surface area contributed by atoms with Gasteiger partial charge in [-0.15, -0.1) is 0 Å². The normalized spacial score (nSPS) is 13.2. The first-order valence-electron chi connectivity index (χ1n) is 8.12. The second-order valence-corrected chi connectivity index (χ2v) is 6.79. The van der Waals surface area contributed by atoms with Crippen LogP contribution in [0.25, 0.3) is 0 Å². The lowest BCUT2D eigenvalue weighted by molar-refractivity contribution is 0.160. The number of anilines is 1. The fourth-order valence-electron chi connectivity index (χ4n) is 2.76. The highest BCUT2D eigenvalue weighted by molar-refractivity contribution is 6.30. The van der Waals surface area contributed by atoms with Crippen molar-refractivity contribution in [3.05, 3.63) is 100 Å². The van der Waals surface area contributed by atoms with E-state index in [2.05, 4.69) is 17.4 Å². The molecule has 0 bridgehead atoms. The Morgan fingerprint density at radius 3 is 1.88 bits per heavy atom. The number of nitrogens with one attached hydrogen (secondary N) is 1. The van der Waals surface area contributed by atoms with Crippen LogP contribution in [-0.2, 0) is 0 Å². The molecule has 3 rings (SSSR count). The topological polar surface area (TPSA) is 32.3 Å². The van der Waals surface area contributed by atoms with Crippen molar-refractivity contribution in [2.24, 2.45) is 0 Å². The predicted octanol–water partition coefficient (Wildman–Crippen LogP) is 6.27. The summed E-state index contributed by atoms with van der Waals surface area (Å²) in [4.78, 5) is 0. The van der Waals surface area contributed by atoms with Crippen molar-refractivity contribution in [1.29, 1.82) is 0 Å². The van der Waals surface area contributed by atoms with Crippen LogP contribution in [0.4, 0.5) is 5.69 Å². The molecular formula is C21H19Cl2NO. The Balaban J connectivity index is 1.81. The summed E-state index contributed by atoms with van der Waals surface area (Å²) < 4.78 is 0. The molecule has 0 amide bonds. The van der Waals surface area contributed by atoms with Crippen LogP contribution in [0.5, 0.6) is 0 Å². The zero-order valence-electron chi connectivity index (χ0n) is 13.6. The summed E-state index contributed by atoms with van der Waals surface area (Å²) in [6, 6.07) is 24.9. The standard InChI is InChI=1S/C21H19Cl2NO/c22-17-8-6-16(7-9-17)21(25)14-20(15-4-2-1-3-5-15)24-19-12-10-18(23)11-13-19/h1-13,20-21,24-25H,14H2. The summed E-state index contributed by atoms with van der Waals surface area (Å²) in [5.41, 5.74) is 2.93. The highest BCUT2D eigenvalue weighted by Crippen LogP contribution is 2.30. The van der Waals surface area contributed by atoms with Crippen LogP contribution in [0.1, 0.15) is 29.7 Å². The van der Waals surface area contributed by atoms with Crippen molar-refractivity contribution in [3.63, 3.8) is 0 Å². The maximum absolute atomic E-state index is 10.7. The van der Waals surface area contributed by atoms with Crippen LogP contribution in [0.2, 0.25) is 10.0 Å². The molecular weight excluding hydrogens is 353 g/mol. The van der Waals surface area contributed by atoms with E-state index in [9.17, 15) is 5.11 Å². The monoisotopic (exact) mass is 371 g/mol. The molecule has 0 aliphatic rings. The molecule has 0 aliphatic carbocycles. The number of hydrogen-bond donors (Lipinski definition) is 2. The number of aliphatic hydroxyl groups excluding tert-OH is 1. The minimum atomic E-state index is -0.595. The van der Waals surface area contributed by atoms with Crippen LogP contribution in [-0.4, -0.2) is 5.11 Å². The van der Waals surface area contributed by atoms with Gasteiger partial charge in [0.05, 0.1) is 12.1 Å². The number of rotatable bonds is 6. The number of aliphatic hydroxyl groups is 1. The molecule has 0 heterocycles. The van der Waals surface area contributed by atoms with Crippen LogP contribution in [0.3, 0.4) is 0 Å². The Labute approximate surface area is 158 Å². The Hall–Kier alpha value is -2.00. The third-order valence-electron chi connectivity index (χ3n) is 4.10. The van der Waals surface area contributed by atoms with E-state index in [0.717, 1.165) is 16.8 Å². The van der Waals surface area contributed by atoms with E-state index in [0.29, 0.717) is 16.5 Å². The summed E-state index contributed by atoms with van der Waals surface area (Å²) in [7, 11) is 0. The Kier molecular flexibility index (Phi) is 5.98. The van der Waals surface area contributed by atoms with Gasteiger partial charge in [0.2, 0.25) is 0 Å². The molecule has 0 aromatic heterocycles. The van der Waals surface area contributed by atoms with Gasteiger partial charge in [0.1, 0.15) is 0 Å². The first kappa shape index (κ1) is 17.8. The van der Waals surface area contributed by atoms with Crippen molar-refractivity contribution >= 4 is 28.9 Å². The number of benzene rings is 3. The molecule has 2 atom stereocenters. The number of halogens is 2. The molecule has 0 saturated heterocycles. The van der Waals surface area contributed by atoms with E-state index in [1.54, 1.807) is 12.1 Å². The van der Waals surface area contributed by atoms with Crippen LogP contribution in [0.15, 0.2) is 78.9 Å². The molecule has 4 heteroatoms. The molecule has 0 spiro atoms. The minimum Gasteiger partial charge on any atom is -0.388 e. The maximum Gasteiger partial charge on any atom is 0.0813 e. The van der Waals surface area contributed by atoms with E-state index in [4.69, 9.17) is 23.2 Å². The molecule has 0 aliphatic heterocycles. The second kappa shape index (κ2) is 8.39. The van der Waals surface area contributed by atoms with Crippen molar-refractivity contribution in [3.8, 4) is 0 Å². The summed E-state index contributed by atoms with van der Waals surface area (Å²) in [5.74, 6) is 0. The average Bonchev–Trinajstić information content (AvgIpc) is 2.64. The lowest BCUT2D eigenvalue weighted by atomic mass is 9.96. The van der Waals surface area contributed by atoms with Crippen LogP contribution in [0, 0.1) is 0 Å². The van der Waals surface area contributed by atoms with Crippen molar-refractivity contribution in [1.82, 2.24) is 0 Å². The predicted molar refractivity (Wildman–Crippen MR) is 105 cm³/mol. The smallest absolute Gasteiger partial charge is 0.0813 e. The van der Waals surface area contributed by atoms with Gasteiger partial charge in [0.15, 0.2) is 0 Å². The summed E-state index contributed by atoms with van der Waals surface area (Å²) in [6.07, 6.45) is -0.0591. The third-order valence-corrected chi connectivity index (χ3v) is 4.60. The van der Waals surface area contributed by atoms with Gasteiger partial charge in [-0.25, -0.2) is 0 Å². The summed E-state index contributed by atoms with van der Waals surface area (Å²) in [6.45, 7) is 0. The highest BCUT2D eigenvalue weighted by atomic mass is 35.5. The van der Waals surface area contributed by atoms with Gasteiger partial charge in [-0.2, -0.15) is 0 Å². The zero-order chi connectivity index (χ0) is 17.6. The Bertz CT molecular complexity index is 788. The van der Waals surface area contributed by atoms with E-state index < -0.39 is 6.10 Å². The summed E-state index contributed by atoms with van der Waals surface area (Å²) >= 11 is 11.9. The minimum absolute atomic E-state index is 0.0342. The van der Waals surface area contributed by atoms with Gasteiger partial charge in [-0.05, 0) is 47.5 Å². The first-order valence-corrected chi connectivity index (χ1v) is 8.88. The highest BCUT2D eigenvalue weighted by Gasteiger charge is 2.18. The number of hydrogen-bond acceptors (Lipinski definition) is 2. The van der Waals surface area contributed by atoms with Crippen molar-refractivity contribution in [2.45, 2.75) is 18.6 Å². The van der Waals surface area contributed by atoms with E-state index in [1.807, 2.05) is 54.6 Å². The lowest BCUT2D eigenvalue weighted by Gasteiger charge is -2.23. The largest absolute Gasteiger partial charge is 0.388 e. The van der Waals surface area contributed by atoms with Crippen LogP contribution < -0.4 is 5.32 Å². The van der Waals surface area contributed by atoms with Gasteiger partial charge in [-0.3, -0.25) is 0 Å². The Morgan fingerprint density at radius 1 is 0.720 bits per heavy atom. The fraction of sp³-hybridized carbons (Fsp3) is 0.143. The van der Waals surface area contributed by atoms with Gasteiger partial charge in [0, 0.05) is 22.2 Å². The second-order valence-electron chi connectivity index (χ2n) is 5.92. The molecule has 2 nitrogen and oxygen atoms in total. The van der Waals surface area contributed by atoms with E-state index >= 15 is 0 Å². The van der Waals surface area contributed by atoms with Gasteiger partial charge >= 0.3 is 0 Å². The van der Waals surface area contributed by atoms with Crippen molar-refractivity contribution in [2.75, 3.05) is 5.32 Å².